The summed E-state index contributed by atoms with van der Waals surface area (Å²) in [6.45, 7) is 3.85. The number of nitrogens with one attached hydrogen (secondary N) is 2. The van der Waals surface area contributed by atoms with Crippen molar-refractivity contribution in [2.24, 2.45) is 10.9 Å². The number of amides is 1. The molecule has 0 aromatic heterocycles. The summed E-state index contributed by atoms with van der Waals surface area (Å²) < 4.78 is 27.0. The first-order valence-electron chi connectivity index (χ1n) is 9.39. The maximum Gasteiger partial charge on any atom is 0.263 e. The Balaban J connectivity index is 1.82. The SMILES string of the molecule is CC(C)[C@@H](N=C1NS(=O)(=O)c2ccccc21)C(=O)NC1CCCCCC1. The number of fused-ring (bicyclic) bond motifs is 1. The predicted octanol–water partition coefficient (Wildman–Crippen LogP) is 2.59. The number of hydrogen-bond acceptors (Lipinski definition) is 4. The average Bonchev–Trinajstić information content (AvgIpc) is 2.75. The first kappa shape index (κ1) is 18.9. The predicted molar refractivity (Wildman–Crippen MR) is 102 cm³/mol. The van der Waals surface area contributed by atoms with Crippen LogP contribution < -0.4 is 10.0 Å². The van der Waals surface area contributed by atoms with Gasteiger partial charge in [0.2, 0.25) is 5.91 Å². The second kappa shape index (κ2) is 7.78. The Morgan fingerprint density at radius 2 is 1.81 bits per heavy atom. The van der Waals surface area contributed by atoms with Crippen LogP contribution in [0.1, 0.15) is 57.9 Å². The molecule has 1 aromatic carbocycles. The van der Waals surface area contributed by atoms with Gasteiger partial charge < -0.3 is 5.32 Å². The van der Waals surface area contributed by atoms with Gasteiger partial charge in [0.15, 0.2) is 0 Å². The molecular weight excluding hydrogens is 350 g/mol. The van der Waals surface area contributed by atoms with E-state index >= 15 is 0 Å². The van der Waals surface area contributed by atoms with Gasteiger partial charge in [-0.3, -0.25) is 14.5 Å². The lowest BCUT2D eigenvalue weighted by Crippen LogP contribution is -2.43. The highest BCUT2D eigenvalue weighted by atomic mass is 32.2. The van der Waals surface area contributed by atoms with Crippen molar-refractivity contribution >= 4 is 21.8 Å². The van der Waals surface area contributed by atoms with Gasteiger partial charge in [-0.1, -0.05) is 51.7 Å². The van der Waals surface area contributed by atoms with E-state index in [4.69, 9.17) is 0 Å². The molecule has 1 amide bonds. The minimum Gasteiger partial charge on any atom is -0.352 e. The molecule has 1 aromatic rings. The molecule has 0 spiro atoms. The molecule has 0 bridgehead atoms. The summed E-state index contributed by atoms with van der Waals surface area (Å²) in [6.07, 6.45) is 6.73. The van der Waals surface area contributed by atoms with E-state index in [1.807, 2.05) is 13.8 Å². The van der Waals surface area contributed by atoms with E-state index < -0.39 is 16.1 Å². The number of hydrogen-bond donors (Lipinski definition) is 2. The summed E-state index contributed by atoms with van der Waals surface area (Å²) in [5.41, 5.74) is 0.528. The fraction of sp³-hybridized carbons (Fsp3) is 0.579. The molecule has 1 atom stereocenters. The summed E-state index contributed by atoms with van der Waals surface area (Å²) in [5, 5.41) is 3.14. The van der Waals surface area contributed by atoms with Crippen LogP contribution in [0.2, 0.25) is 0 Å². The van der Waals surface area contributed by atoms with E-state index in [2.05, 4.69) is 15.0 Å². The number of rotatable bonds is 4. The monoisotopic (exact) mass is 377 g/mol. The zero-order valence-electron chi connectivity index (χ0n) is 15.4. The zero-order chi connectivity index (χ0) is 18.7. The Hall–Kier alpha value is -1.89. The number of amidine groups is 1. The first-order valence-corrected chi connectivity index (χ1v) is 10.9. The van der Waals surface area contributed by atoms with Gasteiger partial charge in [0.05, 0.1) is 4.90 Å². The first-order chi connectivity index (χ1) is 12.4. The minimum atomic E-state index is -3.60. The summed E-state index contributed by atoms with van der Waals surface area (Å²) in [6, 6.07) is 6.29. The number of nitrogens with zero attached hydrogens (tertiary/aromatic N) is 1. The molecule has 0 radical (unpaired) electrons. The van der Waals surface area contributed by atoms with Crippen LogP contribution in [0, 0.1) is 5.92 Å². The molecule has 1 aliphatic heterocycles. The molecule has 0 unspecified atom stereocenters. The average molecular weight is 378 g/mol. The maximum absolute atomic E-state index is 12.8. The molecule has 0 saturated heterocycles. The van der Waals surface area contributed by atoms with Gasteiger partial charge >= 0.3 is 0 Å². The van der Waals surface area contributed by atoms with Crippen LogP contribution in [0.15, 0.2) is 34.2 Å². The highest BCUT2D eigenvalue weighted by Crippen LogP contribution is 2.24. The Morgan fingerprint density at radius 3 is 2.46 bits per heavy atom. The molecule has 1 fully saturated rings. The van der Waals surface area contributed by atoms with Crippen LogP contribution in [0.3, 0.4) is 0 Å². The van der Waals surface area contributed by atoms with E-state index in [9.17, 15) is 13.2 Å². The lowest BCUT2D eigenvalue weighted by atomic mass is 10.0. The lowest BCUT2D eigenvalue weighted by molar-refractivity contribution is -0.123. The van der Waals surface area contributed by atoms with E-state index in [1.165, 1.54) is 12.8 Å². The smallest absolute Gasteiger partial charge is 0.263 e. The zero-order valence-corrected chi connectivity index (χ0v) is 16.2. The summed E-state index contributed by atoms with van der Waals surface area (Å²) in [4.78, 5) is 17.6. The number of sulfonamides is 1. The Bertz CT molecular complexity index is 794. The number of benzene rings is 1. The van der Waals surface area contributed by atoms with Gasteiger partial charge in [0, 0.05) is 11.6 Å². The van der Waals surface area contributed by atoms with Gasteiger partial charge in [-0.2, -0.15) is 0 Å². The summed E-state index contributed by atoms with van der Waals surface area (Å²) >= 11 is 0. The molecule has 1 aliphatic carbocycles. The largest absolute Gasteiger partial charge is 0.352 e. The van der Waals surface area contributed by atoms with E-state index in [0.717, 1.165) is 25.7 Å². The van der Waals surface area contributed by atoms with Crippen molar-refractivity contribution < 1.29 is 13.2 Å². The van der Waals surface area contributed by atoms with E-state index in [1.54, 1.807) is 24.3 Å². The second-order valence-corrected chi connectivity index (χ2v) is 9.12. The molecule has 2 N–H and O–H groups in total. The standard InChI is InChI=1S/C19H27N3O3S/c1-13(2)17(19(23)20-14-9-5-3-4-6-10-14)21-18-15-11-7-8-12-16(15)26(24,25)22-18/h7-8,11-14,17H,3-6,9-10H2,1-2H3,(H,20,23)(H,21,22)/t17-/m1/s1. The molecule has 1 heterocycles. The van der Waals surface area contributed by atoms with E-state index in [-0.39, 0.29) is 28.6 Å². The summed E-state index contributed by atoms with van der Waals surface area (Å²) in [5.74, 6) is 0.101. The van der Waals surface area contributed by atoms with Gasteiger partial charge in [0.25, 0.3) is 10.0 Å². The normalized spacial score (nSPS) is 22.5. The summed E-state index contributed by atoms with van der Waals surface area (Å²) in [7, 11) is -3.60. The highest BCUT2D eigenvalue weighted by molar-refractivity contribution is 7.90. The van der Waals surface area contributed by atoms with Crippen molar-refractivity contribution in [2.75, 3.05) is 0 Å². The second-order valence-electron chi connectivity index (χ2n) is 7.47. The maximum atomic E-state index is 12.8. The molecule has 6 nitrogen and oxygen atoms in total. The molecule has 26 heavy (non-hydrogen) atoms. The van der Waals surface area contributed by atoms with Crippen LogP contribution in [0.25, 0.3) is 0 Å². The Kier molecular flexibility index (Phi) is 5.65. The van der Waals surface area contributed by atoms with Crippen molar-refractivity contribution in [3.8, 4) is 0 Å². The molecular formula is C19H27N3O3S. The Labute approximate surface area is 155 Å². The third kappa shape index (κ3) is 4.09. The number of carbonyl (C=O) groups is 1. The molecule has 7 heteroatoms. The highest BCUT2D eigenvalue weighted by Gasteiger charge is 2.33. The van der Waals surface area contributed by atoms with Crippen LogP contribution in [0.5, 0.6) is 0 Å². The number of aliphatic imine (C=N–C) groups is 1. The fourth-order valence-electron chi connectivity index (χ4n) is 3.59. The lowest BCUT2D eigenvalue weighted by Gasteiger charge is -2.22. The quantitative estimate of drug-likeness (QED) is 0.791. The number of carbonyl (C=O) groups excluding carboxylic acids is 1. The molecule has 142 valence electrons. The third-order valence-corrected chi connectivity index (χ3v) is 6.43. The van der Waals surface area contributed by atoms with Crippen molar-refractivity contribution in [1.29, 1.82) is 0 Å². The van der Waals surface area contributed by atoms with Gasteiger partial charge in [-0.15, -0.1) is 0 Å². The van der Waals surface area contributed by atoms with Crippen molar-refractivity contribution in [3.05, 3.63) is 29.8 Å². The fourth-order valence-corrected chi connectivity index (χ4v) is 4.83. The van der Waals surface area contributed by atoms with E-state index in [0.29, 0.717) is 5.56 Å². The minimum absolute atomic E-state index is 0.0365. The third-order valence-electron chi connectivity index (χ3n) is 5.03. The van der Waals surface area contributed by atoms with Crippen LogP contribution in [0.4, 0.5) is 0 Å². The molecule has 2 aliphatic rings. The van der Waals surface area contributed by atoms with Gasteiger partial charge in [-0.05, 0) is 30.9 Å². The van der Waals surface area contributed by atoms with Crippen LogP contribution >= 0.6 is 0 Å². The van der Waals surface area contributed by atoms with Crippen molar-refractivity contribution in [2.45, 2.75) is 69.4 Å². The molecule has 1 saturated carbocycles. The van der Waals surface area contributed by atoms with Crippen LogP contribution in [-0.2, 0) is 14.8 Å². The van der Waals surface area contributed by atoms with Gasteiger partial charge in [0.1, 0.15) is 11.9 Å². The molecule has 3 rings (SSSR count). The van der Waals surface area contributed by atoms with Crippen LogP contribution in [-0.4, -0.2) is 32.2 Å². The van der Waals surface area contributed by atoms with Gasteiger partial charge in [-0.25, -0.2) is 8.42 Å². The topological polar surface area (TPSA) is 87.6 Å². The Morgan fingerprint density at radius 1 is 1.15 bits per heavy atom. The van der Waals surface area contributed by atoms with Crippen molar-refractivity contribution in [1.82, 2.24) is 10.0 Å². The van der Waals surface area contributed by atoms with Crippen molar-refractivity contribution in [3.63, 3.8) is 0 Å².